The first kappa shape index (κ1) is 16.8. The van der Waals surface area contributed by atoms with Gasteiger partial charge in [0.2, 0.25) is 15.9 Å². The fourth-order valence-electron chi connectivity index (χ4n) is 2.62. The minimum atomic E-state index is -3.56. The van der Waals surface area contributed by atoms with Gasteiger partial charge < -0.3 is 9.64 Å². The average molecular weight is 326 g/mol. The minimum absolute atomic E-state index is 0.199. The van der Waals surface area contributed by atoms with Crippen molar-refractivity contribution in [1.82, 2.24) is 4.90 Å². The molecule has 1 aliphatic rings. The lowest BCUT2D eigenvalue weighted by atomic mass is 10.2. The van der Waals surface area contributed by atoms with E-state index in [1.54, 1.807) is 30.0 Å². The summed E-state index contributed by atoms with van der Waals surface area (Å²) >= 11 is 0. The zero-order valence-corrected chi connectivity index (χ0v) is 14.0. The second kappa shape index (κ2) is 6.66. The van der Waals surface area contributed by atoms with Gasteiger partial charge in [0.05, 0.1) is 25.2 Å². The molecule has 7 heteroatoms. The number of ether oxygens (including phenoxy) is 1. The molecule has 0 radical (unpaired) electrons. The Morgan fingerprint density at radius 3 is 2.50 bits per heavy atom. The number of rotatable bonds is 4. The number of hydrogen-bond donors (Lipinski definition) is 0. The van der Waals surface area contributed by atoms with E-state index in [0.717, 1.165) is 11.8 Å². The molecule has 1 aromatic carbocycles. The van der Waals surface area contributed by atoms with Crippen molar-refractivity contribution in [2.75, 3.05) is 36.9 Å². The summed E-state index contributed by atoms with van der Waals surface area (Å²) < 4.78 is 30.8. The zero-order valence-electron chi connectivity index (χ0n) is 13.2. The molecule has 1 atom stereocenters. The second-order valence-electron chi connectivity index (χ2n) is 5.51. The van der Waals surface area contributed by atoms with Crippen LogP contribution < -0.4 is 4.31 Å². The molecule has 0 aromatic heterocycles. The summed E-state index contributed by atoms with van der Waals surface area (Å²) in [4.78, 5) is 14.3. The first-order chi connectivity index (χ1) is 10.3. The Kier molecular flexibility index (Phi) is 5.08. The highest BCUT2D eigenvalue weighted by Crippen LogP contribution is 2.23. The van der Waals surface area contributed by atoms with Crippen molar-refractivity contribution in [3.8, 4) is 0 Å². The fourth-order valence-corrected chi connectivity index (χ4v) is 3.78. The number of benzene rings is 1. The molecular formula is C15H22N2O4S. The molecule has 1 saturated heterocycles. The van der Waals surface area contributed by atoms with Crippen LogP contribution in [-0.2, 0) is 19.6 Å². The number of nitrogens with zero attached hydrogens (tertiary/aromatic N) is 2. The maximum absolute atomic E-state index is 12.6. The Morgan fingerprint density at radius 2 is 1.95 bits per heavy atom. The highest BCUT2D eigenvalue weighted by Gasteiger charge is 2.32. The topological polar surface area (TPSA) is 66.9 Å². The monoisotopic (exact) mass is 326 g/mol. The third-order valence-electron chi connectivity index (χ3n) is 3.65. The van der Waals surface area contributed by atoms with E-state index in [1.807, 2.05) is 13.0 Å². The molecule has 1 aromatic rings. The summed E-state index contributed by atoms with van der Waals surface area (Å²) in [6.45, 7) is 5.48. The molecule has 0 bridgehead atoms. The molecule has 0 spiro atoms. The van der Waals surface area contributed by atoms with Crippen LogP contribution in [0.5, 0.6) is 0 Å². The van der Waals surface area contributed by atoms with Crippen molar-refractivity contribution in [2.45, 2.75) is 19.9 Å². The molecule has 1 fully saturated rings. The van der Waals surface area contributed by atoms with Crippen molar-refractivity contribution >= 4 is 21.6 Å². The molecular weight excluding hydrogens is 304 g/mol. The third kappa shape index (κ3) is 3.78. The molecule has 0 saturated carbocycles. The summed E-state index contributed by atoms with van der Waals surface area (Å²) in [5.74, 6) is -0.199. The number of sulfonamides is 1. The van der Waals surface area contributed by atoms with Crippen molar-refractivity contribution in [1.29, 1.82) is 0 Å². The Balaban J connectivity index is 2.31. The van der Waals surface area contributed by atoms with Gasteiger partial charge in [-0.05, 0) is 31.5 Å². The minimum Gasteiger partial charge on any atom is -0.378 e. The van der Waals surface area contributed by atoms with E-state index in [2.05, 4.69) is 0 Å². The van der Waals surface area contributed by atoms with Gasteiger partial charge >= 0.3 is 0 Å². The van der Waals surface area contributed by atoms with Gasteiger partial charge in [0.25, 0.3) is 0 Å². The highest BCUT2D eigenvalue weighted by molar-refractivity contribution is 7.92. The summed E-state index contributed by atoms with van der Waals surface area (Å²) in [6.07, 6.45) is 1.12. The summed E-state index contributed by atoms with van der Waals surface area (Å²) in [5, 5.41) is 0. The highest BCUT2D eigenvalue weighted by atomic mass is 32.2. The number of carbonyl (C=O) groups excluding carboxylic acids is 1. The largest absolute Gasteiger partial charge is 0.378 e. The number of morpholine rings is 1. The van der Waals surface area contributed by atoms with Crippen LogP contribution in [0.15, 0.2) is 24.3 Å². The van der Waals surface area contributed by atoms with Gasteiger partial charge in [-0.25, -0.2) is 8.42 Å². The van der Waals surface area contributed by atoms with Crippen LogP contribution in [0.25, 0.3) is 0 Å². The molecule has 0 unspecified atom stereocenters. The van der Waals surface area contributed by atoms with Crippen molar-refractivity contribution in [3.63, 3.8) is 0 Å². The Morgan fingerprint density at radius 1 is 1.32 bits per heavy atom. The van der Waals surface area contributed by atoms with Crippen molar-refractivity contribution in [2.24, 2.45) is 0 Å². The molecule has 0 aliphatic carbocycles. The average Bonchev–Trinajstić information content (AvgIpc) is 2.46. The maximum Gasteiger partial charge on any atom is 0.246 e. The SMILES string of the molecule is Cc1cccc(N([C@H](C)C(=O)N2CCOCC2)S(C)(=O)=O)c1. The molecule has 6 nitrogen and oxygen atoms in total. The molecule has 122 valence electrons. The lowest BCUT2D eigenvalue weighted by Gasteiger charge is -2.34. The fraction of sp³-hybridized carbons (Fsp3) is 0.533. The van der Waals surface area contributed by atoms with Gasteiger partial charge in [-0.3, -0.25) is 9.10 Å². The quantitative estimate of drug-likeness (QED) is 0.828. The zero-order chi connectivity index (χ0) is 16.3. The van der Waals surface area contributed by atoms with Crippen LogP contribution in [0.2, 0.25) is 0 Å². The number of anilines is 1. The van der Waals surface area contributed by atoms with E-state index in [-0.39, 0.29) is 5.91 Å². The number of aryl methyl sites for hydroxylation is 1. The van der Waals surface area contributed by atoms with E-state index in [9.17, 15) is 13.2 Å². The molecule has 1 aliphatic heterocycles. The second-order valence-corrected chi connectivity index (χ2v) is 7.37. The smallest absolute Gasteiger partial charge is 0.246 e. The normalized spacial score (nSPS) is 17.1. The standard InChI is InChI=1S/C15H22N2O4S/c1-12-5-4-6-14(11-12)17(22(3,19)20)13(2)15(18)16-7-9-21-10-8-16/h4-6,11,13H,7-10H2,1-3H3/t13-/m1/s1. The Bertz CT molecular complexity index is 639. The van der Waals surface area contributed by atoms with Crippen molar-refractivity contribution < 1.29 is 17.9 Å². The summed E-state index contributed by atoms with van der Waals surface area (Å²) in [7, 11) is -3.56. The number of carbonyl (C=O) groups is 1. The van der Waals surface area contributed by atoms with E-state index in [0.29, 0.717) is 32.0 Å². The predicted molar refractivity (Wildman–Crippen MR) is 85.4 cm³/mol. The van der Waals surface area contributed by atoms with Gasteiger partial charge in [0.15, 0.2) is 0 Å². The maximum atomic E-state index is 12.6. The molecule has 0 N–H and O–H groups in total. The first-order valence-electron chi connectivity index (χ1n) is 7.23. The van der Waals surface area contributed by atoms with Crippen molar-refractivity contribution in [3.05, 3.63) is 29.8 Å². The Labute approximate surface area is 131 Å². The Hall–Kier alpha value is -1.60. The van der Waals surface area contributed by atoms with E-state index < -0.39 is 16.1 Å². The molecule has 1 heterocycles. The first-order valence-corrected chi connectivity index (χ1v) is 9.08. The third-order valence-corrected chi connectivity index (χ3v) is 4.89. The van der Waals surface area contributed by atoms with E-state index in [1.165, 1.54) is 4.31 Å². The van der Waals surface area contributed by atoms with Crippen LogP contribution in [0.3, 0.4) is 0 Å². The molecule has 1 amide bonds. The predicted octanol–water partition coefficient (Wildman–Crippen LogP) is 1.01. The van der Waals surface area contributed by atoms with E-state index in [4.69, 9.17) is 4.74 Å². The van der Waals surface area contributed by atoms with Gasteiger partial charge in [0.1, 0.15) is 6.04 Å². The van der Waals surface area contributed by atoms with Crippen LogP contribution in [0.1, 0.15) is 12.5 Å². The molecule has 22 heavy (non-hydrogen) atoms. The van der Waals surface area contributed by atoms with E-state index >= 15 is 0 Å². The lowest BCUT2D eigenvalue weighted by molar-refractivity contribution is -0.136. The molecule has 2 rings (SSSR count). The summed E-state index contributed by atoms with van der Waals surface area (Å²) in [5.41, 5.74) is 1.45. The van der Waals surface area contributed by atoms with Crippen LogP contribution in [0.4, 0.5) is 5.69 Å². The summed E-state index contributed by atoms with van der Waals surface area (Å²) in [6, 6.07) is 6.36. The van der Waals surface area contributed by atoms with Gasteiger partial charge in [-0.1, -0.05) is 12.1 Å². The van der Waals surface area contributed by atoms with Crippen LogP contribution in [0, 0.1) is 6.92 Å². The van der Waals surface area contributed by atoms with Gasteiger partial charge in [-0.15, -0.1) is 0 Å². The van der Waals surface area contributed by atoms with Crippen LogP contribution in [-0.4, -0.2) is 57.8 Å². The van der Waals surface area contributed by atoms with Gasteiger partial charge in [0, 0.05) is 13.1 Å². The lowest BCUT2D eigenvalue weighted by Crippen LogP contribution is -2.52. The van der Waals surface area contributed by atoms with Crippen LogP contribution >= 0.6 is 0 Å². The number of hydrogen-bond acceptors (Lipinski definition) is 4. The number of amides is 1. The van der Waals surface area contributed by atoms with Gasteiger partial charge in [-0.2, -0.15) is 0 Å².